The smallest absolute Gasteiger partial charge is 0.276 e. The minimum Gasteiger partial charge on any atom is -0.491 e. The minimum absolute atomic E-state index is 0.0455. The summed E-state index contributed by atoms with van der Waals surface area (Å²) in [6.45, 7) is 4.07. The summed E-state index contributed by atoms with van der Waals surface area (Å²) >= 11 is 0. The fourth-order valence-electron chi connectivity index (χ4n) is 2.81. The van der Waals surface area contributed by atoms with E-state index in [1.807, 2.05) is 6.92 Å². The van der Waals surface area contributed by atoms with Crippen LogP contribution in [0.1, 0.15) is 29.3 Å². The van der Waals surface area contributed by atoms with Crippen molar-refractivity contribution < 1.29 is 23.2 Å². The van der Waals surface area contributed by atoms with Gasteiger partial charge in [-0.15, -0.1) is 0 Å². The molecular weight excluding hydrogens is 382 g/mol. The van der Waals surface area contributed by atoms with Gasteiger partial charge in [0, 0.05) is 7.05 Å². The molecule has 1 unspecified atom stereocenters. The van der Waals surface area contributed by atoms with Crippen LogP contribution in [0.15, 0.2) is 47.4 Å². The molecule has 1 atom stereocenters. The summed E-state index contributed by atoms with van der Waals surface area (Å²) in [5, 5.41) is 8.96. The molecule has 4 N–H and O–H groups in total. The van der Waals surface area contributed by atoms with Crippen molar-refractivity contribution in [3.05, 3.63) is 53.6 Å². The van der Waals surface area contributed by atoms with Gasteiger partial charge < -0.3 is 10.5 Å². The predicted molar refractivity (Wildman–Crippen MR) is 106 cm³/mol. The first-order valence-electron chi connectivity index (χ1n) is 8.72. The van der Waals surface area contributed by atoms with Crippen molar-refractivity contribution in [2.45, 2.75) is 31.3 Å². The molecule has 152 valence electrons. The summed E-state index contributed by atoms with van der Waals surface area (Å²) in [5.41, 5.74) is 7.85. The number of rotatable bonds is 8. The SMILES string of the molecule is Cc1cccc(C(=O)NO)c1N(C)S(=O)(=O)c1ccc(OC(C)CCN)cc1. The Hall–Kier alpha value is -2.62. The number of aryl methyl sites for hydroxylation is 1. The Kier molecular flexibility index (Phi) is 7.00. The fourth-order valence-corrected chi connectivity index (χ4v) is 4.09. The van der Waals surface area contributed by atoms with Crippen molar-refractivity contribution in [2.75, 3.05) is 17.9 Å². The maximum Gasteiger partial charge on any atom is 0.276 e. The number of benzene rings is 2. The number of hydrogen-bond acceptors (Lipinski definition) is 6. The van der Waals surface area contributed by atoms with Crippen molar-refractivity contribution in [1.82, 2.24) is 5.48 Å². The summed E-state index contributed by atoms with van der Waals surface area (Å²) < 4.78 is 32.8. The average molecular weight is 407 g/mol. The molecule has 0 heterocycles. The largest absolute Gasteiger partial charge is 0.491 e. The van der Waals surface area contributed by atoms with Crippen LogP contribution >= 0.6 is 0 Å². The van der Waals surface area contributed by atoms with Gasteiger partial charge >= 0.3 is 0 Å². The van der Waals surface area contributed by atoms with Gasteiger partial charge in [-0.25, -0.2) is 13.9 Å². The quantitative estimate of drug-likeness (QED) is 0.455. The highest BCUT2D eigenvalue weighted by atomic mass is 32.2. The first kappa shape index (κ1) is 21.7. The van der Waals surface area contributed by atoms with E-state index in [1.54, 1.807) is 36.7 Å². The van der Waals surface area contributed by atoms with Crippen molar-refractivity contribution in [1.29, 1.82) is 0 Å². The van der Waals surface area contributed by atoms with Crippen LogP contribution in [0.3, 0.4) is 0 Å². The van der Waals surface area contributed by atoms with Crippen LogP contribution < -0.4 is 20.3 Å². The highest BCUT2D eigenvalue weighted by Gasteiger charge is 2.26. The van der Waals surface area contributed by atoms with Crippen LogP contribution in [0, 0.1) is 6.92 Å². The normalized spacial score (nSPS) is 12.3. The lowest BCUT2D eigenvalue weighted by Gasteiger charge is -2.24. The van der Waals surface area contributed by atoms with E-state index < -0.39 is 15.9 Å². The van der Waals surface area contributed by atoms with Crippen LogP contribution in [0.5, 0.6) is 5.75 Å². The molecule has 2 aromatic rings. The molecule has 0 radical (unpaired) electrons. The summed E-state index contributed by atoms with van der Waals surface area (Å²) in [6, 6.07) is 10.8. The number of ether oxygens (including phenoxy) is 1. The zero-order valence-electron chi connectivity index (χ0n) is 16.0. The lowest BCUT2D eigenvalue weighted by atomic mass is 10.1. The molecule has 0 saturated heterocycles. The van der Waals surface area contributed by atoms with Gasteiger partial charge in [0.25, 0.3) is 15.9 Å². The number of nitrogens with two attached hydrogens (primary N) is 1. The Morgan fingerprint density at radius 2 is 1.89 bits per heavy atom. The van der Waals surface area contributed by atoms with E-state index in [0.717, 1.165) is 4.31 Å². The van der Waals surface area contributed by atoms with Gasteiger partial charge in [-0.3, -0.25) is 14.3 Å². The topological polar surface area (TPSA) is 122 Å². The molecule has 0 spiro atoms. The third kappa shape index (κ3) is 4.61. The highest BCUT2D eigenvalue weighted by Crippen LogP contribution is 2.30. The number of anilines is 1. The van der Waals surface area contributed by atoms with Gasteiger partial charge in [-0.05, 0) is 62.7 Å². The lowest BCUT2D eigenvalue weighted by Crippen LogP contribution is -2.30. The Morgan fingerprint density at radius 1 is 1.25 bits per heavy atom. The van der Waals surface area contributed by atoms with Gasteiger partial charge in [0.2, 0.25) is 0 Å². The molecule has 0 aromatic heterocycles. The molecular formula is C19H25N3O5S. The second-order valence-corrected chi connectivity index (χ2v) is 8.33. The number of carbonyl (C=O) groups excluding carboxylic acids is 1. The maximum absolute atomic E-state index is 13.1. The van der Waals surface area contributed by atoms with E-state index in [1.165, 1.54) is 25.2 Å². The number of amides is 1. The average Bonchev–Trinajstić information content (AvgIpc) is 2.67. The van der Waals surface area contributed by atoms with Crippen LogP contribution in [0.2, 0.25) is 0 Å². The van der Waals surface area contributed by atoms with Crippen molar-refractivity contribution in [3.63, 3.8) is 0 Å². The number of carbonyl (C=O) groups is 1. The number of hydrogen-bond donors (Lipinski definition) is 3. The molecule has 0 fully saturated rings. The first-order chi connectivity index (χ1) is 13.2. The van der Waals surface area contributed by atoms with Crippen molar-refractivity contribution in [2.24, 2.45) is 5.73 Å². The van der Waals surface area contributed by atoms with E-state index in [0.29, 0.717) is 24.3 Å². The van der Waals surface area contributed by atoms with Crippen LogP contribution in [0.4, 0.5) is 5.69 Å². The number of para-hydroxylation sites is 1. The Labute approximate surface area is 164 Å². The van der Waals surface area contributed by atoms with Crippen LogP contribution in [0.25, 0.3) is 0 Å². The molecule has 9 heteroatoms. The predicted octanol–water partition coefficient (Wildman–Crippen LogP) is 2.06. The van der Waals surface area contributed by atoms with E-state index >= 15 is 0 Å². The minimum atomic E-state index is -3.94. The van der Waals surface area contributed by atoms with Crippen molar-refractivity contribution >= 4 is 21.6 Å². The lowest BCUT2D eigenvalue weighted by molar-refractivity contribution is 0.0707. The zero-order valence-corrected chi connectivity index (χ0v) is 16.9. The number of nitrogens with zero attached hydrogens (tertiary/aromatic N) is 1. The summed E-state index contributed by atoms with van der Waals surface area (Å²) in [4.78, 5) is 12.0. The molecule has 2 aromatic carbocycles. The molecule has 0 bridgehead atoms. The van der Waals surface area contributed by atoms with E-state index in [9.17, 15) is 13.2 Å². The van der Waals surface area contributed by atoms with E-state index in [-0.39, 0.29) is 22.3 Å². The molecule has 8 nitrogen and oxygen atoms in total. The molecule has 0 aliphatic rings. The Morgan fingerprint density at radius 3 is 2.46 bits per heavy atom. The van der Waals surface area contributed by atoms with E-state index in [4.69, 9.17) is 15.7 Å². The molecule has 0 aliphatic carbocycles. The maximum atomic E-state index is 13.1. The number of sulfonamides is 1. The summed E-state index contributed by atoms with van der Waals surface area (Å²) in [7, 11) is -2.58. The van der Waals surface area contributed by atoms with Gasteiger partial charge in [-0.2, -0.15) is 0 Å². The molecule has 2 rings (SSSR count). The van der Waals surface area contributed by atoms with Gasteiger partial charge in [0.15, 0.2) is 0 Å². The molecule has 1 amide bonds. The fraction of sp³-hybridized carbons (Fsp3) is 0.316. The third-order valence-electron chi connectivity index (χ3n) is 4.29. The molecule has 28 heavy (non-hydrogen) atoms. The van der Waals surface area contributed by atoms with Crippen molar-refractivity contribution in [3.8, 4) is 5.75 Å². The van der Waals surface area contributed by atoms with Crippen LogP contribution in [-0.4, -0.2) is 39.2 Å². The van der Waals surface area contributed by atoms with E-state index in [2.05, 4.69) is 0 Å². The van der Waals surface area contributed by atoms with Gasteiger partial charge in [0.05, 0.1) is 22.3 Å². The second kappa shape index (κ2) is 9.05. The summed E-state index contributed by atoms with van der Waals surface area (Å²) in [5.74, 6) is -0.253. The first-order valence-corrected chi connectivity index (χ1v) is 10.2. The molecule has 0 saturated carbocycles. The Bertz CT molecular complexity index is 929. The van der Waals surface area contributed by atoms with Gasteiger partial charge in [-0.1, -0.05) is 12.1 Å². The monoisotopic (exact) mass is 407 g/mol. The second-order valence-electron chi connectivity index (χ2n) is 6.36. The van der Waals surface area contributed by atoms with Crippen LogP contribution in [-0.2, 0) is 10.0 Å². The Balaban J connectivity index is 2.36. The summed E-state index contributed by atoms with van der Waals surface area (Å²) in [6.07, 6.45) is 0.604. The number of nitrogens with one attached hydrogen (secondary N) is 1. The zero-order chi connectivity index (χ0) is 20.9. The number of hydroxylamine groups is 1. The molecule has 0 aliphatic heterocycles. The standard InChI is InChI=1S/C19H25N3O5S/c1-13-5-4-6-17(19(23)21-24)18(13)22(3)28(25,26)16-9-7-15(8-10-16)27-14(2)11-12-20/h4-10,14,24H,11-12,20H2,1-3H3,(H,21,23). The van der Waals surface area contributed by atoms with Gasteiger partial charge in [0.1, 0.15) is 5.75 Å². The highest BCUT2D eigenvalue weighted by molar-refractivity contribution is 7.92. The third-order valence-corrected chi connectivity index (χ3v) is 6.06.